The van der Waals surface area contributed by atoms with E-state index in [0.717, 1.165) is 17.3 Å². The van der Waals surface area contributed by atoms with Crippen LogP contribution < -0.4 is 4.72 Å². The van der Waals surface area contributed by atoms with Gasteiger partial charge < -0.3 is 0 Å². The van der Waals surface area contributed by atoms with E-state index in [1.807, 2.05) is 49.5 Å². The number of nitrogens with one attached hydrogen (secondary N) is 1. The third-order valence-corrected chi connectivity index (χ3v) is 4.89. The topological polar surface area (TPSA) is 64.0 Å². The first-order chi connectivity index (χ1) is 10.6. The van der Waals surface area contributed by atoms with Crippen molar-refractivity contribution >= 4 is 20.8 Å². The van der Waals surface area contributed by atoms with Crippen molar-refractivity contribution in [3.05, 3.63) is 60.4 Å². The number of nitrogens with zero attached hydrogens (tertiary/aromatic N) is 2. The summed E-state index contributed by atoms with van der Waals surface area (Å²) in [6, 6.07) is 14.6. The molecule has 3 rings (SSSR count). The Balaban J connectivity index is 1.81. The minimum atomic E-state index is -3.55. The maximum atomic E-state index is 12.4. The average molecular weight is 315 g/mol. The molecule has 114 valence electrons. The third-order valence-electron chi connectivity index (χ3n) is 3.49. The largest absolute Gasteiger partial charge is 0.273 e. The molecule has 0 aliphatic carbocycles. The maximum absolute atomic E-state index is 12.4. The number of benzene rings is 2. The van der Waals surface area contributed by atoms with Crippen molar-refractivity contribution < 1.29 is 8.42 Å². The molecule has 0 saturated heterocycles. The van der Waals surface area contributed by atoms with Crippen LogP contribution in [0.15, 0.2) is 59.6 Å². The number of rotatable bonds is 5. The molecule has 3 aromatic rings. The molecule has 0 atom stereocenters. The van der Waals surface area contributed by atoms with Gasteiger partial charge in [0, 0.05) is 12.7 Å². The van der Waals surface area contributed by atoms with Crippen LogP contribution in [-0.4, -0.2) is 18.2 Å². The lowest BCUT2D eigenvalue weighted by atomic mass is 10.1. The Kier molecular flexibility index (Phi) is 3.96. The van der Waals surface area contributed by atoms with Gasteiger partial charge in [-0.15, -0.1) is 0 Å². The first kappa shape index (κ1) is 14.7. The van der Waals surface area contributed by atoms with E-state index in [-0.39, 0.29) is 11.4 Å². The molecular weight excluding hydrogens is 298 g/mol. The van der Waals surface area contributed by atoms with Gasteiger partial charge in [-0.25, -0.2) is 13.1 Å². The summed E-state index contributed by atoms with van der Waals surface area (Å²) in [7, 11) is -3.55. The van der Waals surface area contributed by atoms with Crippen molar-refractivity contribution in [1.82, 2.24) is 14.5 Å². The normalized spacial score (nSPS) is 11.9. The predicted molar refractivity (Wildman–Crippen MR) is 85.9 cm³/mol. The Bertz CT molecular complexity index is 900. The molecule has 1 N–H and O–H groups in total. The van der Waals surface area contributed by atoms with Crippen molar-refractivity contribution in [2.24, 2.45) is 0 Å². The number of aryl methyl sites for hydroxylation is 1. The van der Waals surface area contributed by atoms with Crippen LogP contribution in [0.3, 0.4) is 0 Å². The molecular formula is C16H17N3O2S. The van der Waals surface area contributed by atoms with Gasteiger partial charge in [0.05, 0.1) is 17.1 Å². The van der Waals surface area contributed by atoms with Gasteiger partial charge in [0.15, 0.2) is 0 Å². The Morgan fingerprint density at radius 1 is 1.09 bits per heavy atom. The molecule has 0 unspecified atom stereocenters. The molecule has 5 nitrogen and oxygen atoms in total. The van der Waals surface area contributed by atoms with Crippen LogP contribution in [0.25, 0.3) is 10.8 Å². The predicted octanol–water partition coefficient (Wildman–Crippen LogP) is 2.53. The van der Waals surface area contributed by atoms with Crippen LogP contribution in [-0.2, 0) is 23.1 Å². The van der Waals surface area contributed by atoms with Gasteiger partial charge in [0.1, 0.15) is 0 Å². The van der Waals surface area contributed by atoms with E-state index in [9.17, 15) is 8.42 Å². The smallest absolute Gasteiger partial charge is 0.240 e. The highest BCUT2D eigenvalue weighted by molar-refractivity contribution is 7.89. The highest BCUT2D eigenvalue weighted by Gasteiger charge is 2.14. The fourth-order valence-electron chi connectivity index (χ4n) is 2.26. The SMILES string of the molecule is CCn1ccc(CNS(=O)(=O)c2ccc3ccccc3c2)n1. The van der Waals surface area contributed by atoms with Crippen LogP contribution >= 0.6 is 0 Å². The summed E-state index contributed by atoms with van der Waals surface area (Å²) < 4.78 is 29.1. The quantitative estimate of drug-likeness (QED) is 0.787. The van der Waals surface area contributed by atoms with E-state index >= 15 is 0 Å². The van der Waals surface area contributed by atoms with E-state index in [0.29, 0.717) is 5.69 Å². The zero-order chi connectivity index (χ0) is 15.6. The lowest BCUT2D eigenvalue weighted by Gasteiger charge is -2.07. The summed E-state index contributed by atoms with van der Waals surface area (Å²) in [4.78, 5) is 0.265. The number of hydrogen-bond acceptors (Lipinski definition) is 3. The van der Waals surface area contributed by atoms with Gasteiger partial charge in [-0.3, -0.25) is 4.68 Å². The van der Waals surface area contributed by atoms with E-state index in [2.05, 4.69) is 9.82 Å². The van der Waals surface area contributed by atoms with E-state index < -0.39 is 10.0 Å². The molecule has 1 aromatic heterocycles. The summed E-state index contributed by atoms with van der Waals surface area (Å²) in [5, 5.41) is 6.19. The molecule has 6 heteroatoms. The second kappa shape index (κ2) is 5.90. The molecule has 0 amide bonds. The number of hydrogen-bond donors (Lipinski definition) is 1. The second-order valence-electron chi connectivity index (χ2n) is 5.00. The first-order valence-electron chi connectivity index (χ1n) is 7.09. The molecule has 22 heavy (non-hydrogen) atoms. The summed E-state index contributed by atoms with van der Waals surface area (Å²) in [6.07, 6.45) is 1.83. The van der Waals surface area contributed by atoms with Crippen molar-refractivity contribution in [3.8, 4) is 0 Å². The fraction of sp³-hybridized carbons (Fsp3) is 0.188. The van der Waals surface area contributed by atoms with Crippen molar-refractivity contribution in [2.75, 3.05) is 0 Å². The molecule has 0 spiro atoms. The Morgan fingerprint density at radius 3 is 2.59 bits per heavy atom. The van der Waals surface area contributed by atoms with Crippen LogP contribution in [0.1, 0.15) is 12.6 Å². The summed E-state index contributed by atoms with van der Waals surface area (Å²) >= 11 is 0. The molecule has 0 bridgehead atoms. The van der Waals surface area contributed by atoms with Gasteiger partial charge in [-0.1, -0.05) is 30.3 Å². The Hall–Kier alpha value is -2.18. The first-order valence-corrected chi connectivity index (χ1v) is 8.57. The van der Waals surface area contributed by atoms with Crippen LogP contribution in [0, 0.1) is 0 Å². The summed E-state index contributed by atoms with van der Waals surface area (Å²) in [6.45, 7) is 2.93. The molecule has 0 aliphatic rings. The molecule has 0 radical (unpaired) electrons. The van der Waals surface area contributed by atoms with Gasteiger partial charge >= 0.3 is 0 Å². The van der Waals surface area contributed by atoms with Crippen LogP contribution in [0.4, 0.5) is 0 Å². The van der Waals surface area contributed by atoms with E-state index in [4.69, 9.17) is 0 Å². The zero-order valence-electron chi connectivity index (χ0n) is 12.2. The van der Waals surface area contributed by atoms with Crippen molar-refractivity contribution in [1.29, 1.82) is 0 Å². The standard InChI is InChI=1S/C16H17N3O2S/c1-2-19-10-9-15(18-19)12-17-22(20,21)16-8-7-13-5-3-4-6-14(13)11-16/h3-11,17H,2,12H2,1H3. The Morgan fingerprint density at radius 2 is 1.86 bits per heavy atom. The highest BCUT2D eigenvalue weighted by Crippen LogP contribution is 2.18. The molecule has 2 aromatic carbocycles. The number of aromatic nitrogens is 2. The minimum Gasteiger partial charge on any atom is -0.273 e. The monoisotopic (exact) mass is 315 g/mol. The average Bonchev–Trinajstić information content (AvgIpc) is 3.01. The lowest BCUT2D eigenvalue weighted by molar-refractivity contribution is 0.578. The summed E-state index contributed by atoms with van der Waals surface area (Å²) in [5.74, 6) is 0. The number of fused-ring (bicyclic) bond motifs is 1. The maximum Gasteiger partial charge on any atom is 0.240 e. The minimum absolute atomic E-state index is 0.183. The Labute approximate surface area is 129 Å². The molecule has 0 aliphatic heterocycles. The number of sulfonamides is 1. The van der Waals surface area contributed by atoms with Gasteiger partial charge in [-0.2, -0.15) is 5.10 Å². The third kappa shape index (κ3) is 3.03. The van der Waals surface area contributed by atoms with Crippen LogP contribution in [0.5, 0.6) is 0 Å². The van der Waals surface area contributed by atoms with Gasteiger partial charge in [0.2, 0.25) is 10.0 Å². The summed E-state index contributed by atoms with van der Waals surface area (Å²) in [5.41, 5.74) is 0.700. The second-order valence-corrected chi connectivity index (χ2v) is 6.76. The van der Waals surface area contributed by atoms with E-state index in [1.54, 1.807) is 16.8 Å². The highest BCUT2D eigenvalue weighted by atomic mass is 32.2. The molecule has 0 fully saturated rings. The molecule has 0 saturated carbocycles. The van der Waals surface area contributed by atoms with E-state index in [1.165, 1.54) is 0 Å². The van der Waals surface area contributed by atoms with Gasteiger partial charge in [-0.05, 0) is 35.9 Å². The molecule has 1 heterocycles. The zero-order valence-corrected chi connectivity index (χ0v) is 13.0. The van der Waals surface area contributed by atoms with Crippen LogP contribution in [0.2, 0.25) is 0 Å². The van der Waals surface area contributed by atoms with Crippen molar-refractivity contribution in [3.63, 3.8) is 0 Å². The van der Waals surface area contributed by atoms with Crippen molar-refractivity contribution in [2.45, 2.75) is 24.9 Å². The lowest BCUT2D eigenvalue weighted by Crippen LogP contribution is -2.23. The van der Waals surface area contributed by atoms with Gasteiger partial charge in [0.25, 0.3) is 0 Å². The fourth-order valence-corrected chi connectivity index (χ4v) is 3.29.